The average Bonchev–Trinajstić information content (AvgIpc) is 2.98. The molecule has 1 atom stereocenters. The second-order valence-electron chi connectivity index (χ2n) is 6.33. The quantitative estimate of drug-likeness (QED) is 0.716. The van der Waals surface area contributed by atoms with Crippen LogP contribution in [0.5, 0.6) is 11.5 Å². The minimum absolute atomic E-state index is 0.0547. The third-order valence-corrected chi connectivity index (χ3v) is 5.98. The Morgan fingerprint density at radius 1 is 1.07 bits per heavy atom. The summed E-state index contributed by atoms with van der Waals surface area (Å²) >= 11 is 1.93. The van der Waals surface area contributed by atoms with Crippen molar-refractivity contribution in [1.29, 1.82) is 0 Å². The van der Waals surface area contributed by atoms with E-state index in [1.807, 2.05) is 47.0 Å². The molecule has 5 heteroatoms. The number of benzene rings is 2. The second-order valence-corrected chi connectivity index (χ2v) is 7.64. The Morgan fingerprint density at radius 3 is 2.59 bits per heavy atom. The predicted octanol–water partition coefficient (Wildman–Crippen LogP) is 4.42. The van der Waals surface area contributed by atoms with Crippen molar-refractivity contribution in [2.75, 3.05) is 33.1 Å². The molecule has 0 saturated carbocycles. The van der Waals surface area contributed by atoms with Crippen molar-refractivity contribution in [2.24, 2.45) is 0 Å². The molecule has 0 aromatic heterocycles. The Hall–Kier alpha value is -2.40. The van der Waals surface area contributed by atoms with Gasteiger partial charge in [0, 0.05) is 30.2 Å². The normalized spacial score (nSPS) is 17.6. The van der Waals surface area contributed by atoms with E-state index in [2.05, 4.69) is 24.3 Å². The van der Waals surface area contributed by atoms with Crippen LogP contribution < -0.4 is 9.47 Å². The molecule has 1 heterocycles. The number of carbonyl (C=O) groups is 1. The Labute approximate surface area is 165 Å². The topological polar surface area (TPSA) is 38.8 Å². The summed E-state index contributed by atoms with van der Waals surface area (Å²) < 4.78 is 10.6. The molecule has 0 aliphatic carbocycles. The van der Waals surface area contributed by atoms with Crippen LogP contribution in [0.1, 0.15) is 22.8 Å². The first-order valence-electron chi connectivity index (χ1n) is 9.07. The van der Waals surface area contributed by atoms with Gasteiger partial charge in [0.1, 0.15) is 0 Å². The standard InChI is InChI=1S/C22H25NO3S/c1-25-19-10-8-17(16-20(19)26-2)9-11-22(24)23-13-12-21(27-15-14-23)18-6-4-3-5-7-18/h3-11,16,21H,12-15H2,1-2H3/b11-9+. The lowest BCUT2D eigenvalue weighted by Crippen LogP contribution is -2.31. The van der Waals surface area contributed by atoms with Gasteiger partial charge in [0.15, 0.2) is 11.5 Å². The van der Waals surface area contributed by atoms with E-state index in [0.29, 0.717) is 16.7 Å². The third-order valence-electron chi connectivity index (χ3n) is 4.65. The molecule has 1 unspecified atom stereocenters. The molecule has 0 radical (unpaired) electrons. The number of amides is 1. The van der Waals surface area contributed by atoms with Crippen molar-refractivity contribution in [3.63, 3.8) is 0 Å². The van der Waals surface area contributed by atoms with E-state index < -0.39 is 0 Å². The third kappa shape index (κ3) is 5.07. The Bertz CT molecular complexity index is 791. The van der Waals surface area contributed by atoms with Gasteiger partial charge < -0.3 is 14.4 Å². The van der Waals surface area contributed by atoms with Crippen LogP contribution in [0.4, 0.5) is 0 Å². The molecule has 0 spiro atoms. The lowest BCUT2D eigenvalue weighted by Gasteiger charge is -2.18. The molecule has 3 rings (SSSR count). The van der Waals surface area contributed by atoms with Gasteiger partial charge in [0.05, 0.1) is 14.2 Å². The van der Waals surface area contributed by atoms with E-state index in [1.54, 1.807) is 20.3 Å². The molecule has 2 aromatic carbocycles. The van der Waals surface area contributed by atoms with Crippen LogP contribution in [0.3, 0.4) is 0 Å². The molecular weight excluding hydrogens is 358 g/mol. The van der Waals surface area contributed by atoms with Gasteiger partial charge in [-0.25, -0.2) is 0 Å². The lowest BCUT2D eigenvalue weighted by atomic mass is 10.1. The number of carbonyl (C=O) groups excluding carboxylic acids is 1. The maximum absolute atomic E-state index is 12.6. The van der Waals surface area contributed by atoms with Gasteiger partial charge in [-0.15, -0.1) is 0 Å². The summed E-state index contributed by atoms with van der Waals surface area (Å²) in [5, 5.41) is 0.457. The van der Waals surface area contributed by atoms with Gasteiger partial charge in [0.2, 0.25) is 5.91 Å². The van der Waals surface area contributed by atoms with E-state index in [4.69, 9.17) is 9.47 Å². The van der Waals surface area contributed by atoms with Gasteiger partial charge in [-0.1, -0.05) is 36.4 Å². The molecule has 4 nitrogen and oxygen atoms in total. The predicted molar refractivity (Wildman–Crippen MR) is 111 cm³/mol. The number of hydrogen-bond acceptors (Lipinski definition) is 4. The average molecular weight is 384 g/mol. The summed E-state index contributed by atoms with van der Waals surface area (Å²) in [5.74, 6) is 2.34. The maximum Gasteiger partial charge on any atom is 0.246 e. The molecular formula is C22H25NO3S. The monoisotopic (exact) mass is 383 g/mol. The van der Waals surface area contributed by atoms with Crippen LogP contribution in [-0.2, 0) is 4.79 Å². The molecule has 142 valence electrons. The van der Waals surface area contributed by atoms with Crippen LogP contribution in [0.15, 0.2) is 54.6 Å². The van der Waals surface area contributed by atoms with E-state index in [-0.39, 0.29) is 5.91 Å². The number of hydrogen-bond donors (Lipinski definition) is 0. The lowest BCUT2D eigenvalue weighted by molar-refractivity contribution is -0.125. The number of rotatable bonds is 5. The second kappa shape index (κ2) is 9.51. The van der Waals surface area contributed by atoms with E-state index in [9.17, 15) is 4.79 Å². The fourth-order valence-corrected chi connectivity index (χ4v) is 4.39. The first kappa shape index (κ1) is 19.4. The molecule has 1 aliphatic heterocycles. The highest BCUT2D eigenvalue weighted by Crippen LogP contribution is 2.34. The van der Waals surface area contributed by atoms with Gasteiger partial charge in [0.25, 0.3) is 0 Å². The van der Waals surface area contributed by atoms with Crippen molar-refractivity contribution >= 4 is 23.7 Å². The van der Waals surface area contributed by atoms with Crippen molar-refractivity contribution in [1.82, 2.24) is 4.90 Å². The molecule has 1 amide bonds. The van der Waals surface area contributed by atoms with Crippen LogP contribution in [0.2, 0.25) is 0 Å². The highest BCUT2D eigenvalue weighted by molar-refractivity contribution is 7.99. The van der Waals surface area contributed by atoms with Crippen LogP contribution >= 0.6 is 11.8 Å². The van der Waals surface area contributed by atoms with Crippen molar-refractivity contribution in [3.8, 4) is 11.5 Å². The Morgan fingerprint density at radius 2 is 1.85 bits per heavy atom. The molecule has 0 bridgehead atoms. The zero-order valence-electron chi connectivity index (χ0n) is 15.8. The molecule has 1 aliphatic rings. The Kier molecular flexibility index (Phi) is 6.82. The zero-order chi connectivity index (χ0) is 19.1. The zero-order valence-corrected chi connectivity index (χ0v) is 16.6. The summed E-state index contributed by atoms with van der Waals surface area (Å²) in [7, 11) is 3.21. The number of ether oxygens (including phenoxy) is 2. The fraction of sp³-hybridized carbons (Fsp3) is 0.318. The van der Waals surface area contributed by atoms with E-state index >= 15 is 0 Å². The molecule has 27 heavy (non-hydrogen) atoms. The number of thioether (sulfide) groups is 1. The van der Waals surface area contributed by atoms with Crippen LogP contribution in [0, 0.1) is 0 Å². The molecule has 1 saturated heterocycles. The summed E-state index contributed by atoms with van der Waals surface area (Å²) in [6.07, 6.45) is 4.45. The van der Waals surface area contributed by atoms with Crippen LogP contribution in [-0.4, -0.2) is 43.9 Å². The summed E-state index contributed by atoms with van der Waals surface area (Å²) in [6, 6.07) is 16.2. The summed E-state index contributed by atoms with van der Waals surface area (Å²) in [5.41, 5.74) is 2.25. The van der Waals surface area contributed by atoms with E-state index in [1.165, 1.54) is 5.56 Å². The van der Waals surface area contributed by atoms with Crippen molar-refractivity contribution in [3.05, 3.63) is 65.7 Å². The van der Waals surface area contributed by atoms with Gasteiger partial charge >= 0.3 is 0 Å². The highest BCUT2D eigenvalue weighted by Gasteiger charge is 2.20. The highest BCUT2D eigenvalue weighted by atomic mass is 32.2. The minimum Gasteiger partial charge on any atom is -0.493 e. The van der Waals surface area contributed by atoms with E-state index in [0.717, 1.165) is 30.8 Å². The molecule has 2 aromatic rings. The fourth-order valence-electron chi connectivity index (χ4n) is 3.15. The largest absolute Gasteiger partial charge is 0.493 e. The molecule has 0 N–H and O–H groups in total. The first-order chi connectivity index (χ1) is 13.2. The Balaban J connectivity index is 1.62. The summed E-state index contributed by atoms with van der Waals surface area (Å²) in [4.78, 5) is 14.6. The van der Waals surface area contributed by atoms with Gasteiger partial charge in [-0.05, 0) is 35.8 Å². The number of methoxy groups -OCH3 is 2. The van der Waals surface area contributed by atoms with Crippen LogP contribution in [0.25, 0.3) is 6.08 Å². The van der Waals surface area contributed by atoms with Crippen molar-refractivity contribution < 1.29 is 14.3 Å². The SMILES string of the molecule is COc1ccc(/C=C/C(=O)N2CCSC(c3ccccc3)CC2)cc1OC. The molecule has 1 fully saturated rings. The number of nitrogens with zero attached hydrogens (tertiary/aromatic N) is 1. The maximum atomic E-state index is 12.6. The van der Waals surface area contributed by atoms with Crippen molar-refractivity contribution in [2.45, 2.75) is 11.7 Å². The smallest absolute Gasteiger partial charge is 0.246 e. The van der Waals surface area contributed by atoms with Gasteiger partial charge in [-0.2, -0.15) is 11.8 Å². The summed E-state index contributed by atoms with van der Waals surface area (Å²) in [6.45, 7) is 1.56. The van der Waals surface area contributed by atoms with Gasteiger partial charge in [-0.3, -0.25) is 4.79 Å². The minimum atomic E-state index is 0.0547. The first-order valence-corrected chi connectivity index (χ1v) is 10.1.